The van der Waals surface area contributed by atoms with Gasteiger partial charge in [0.1, 0.15) is 5.75 Å². The van der Waals surface area contributed by atoms with Crippen molar-refractivity contribution >= 4 is 0 Å². The van der Waals surface area contributed by atoms with Crippen LogP contribution in [-0.4, -0.2) is 32.2 Å². The lowest BCUT2D eigenvalue weighted by molar-refractivity contribution is 0.413. The van der Waals surface area contributed by atoms with Crippen molar-refractivity contribution in [1.82, 2.24) is 25.1 Å². The molecule has 7 nitrogen and oxygen atoms in total. The van der Waals surface area contributed by atoms with Crippen molar-refractivity contribution in [3.63, 3.8) is 0 Å². The normalized spacial score (nSPS) is 10.8. The van der Waals surface area contributed by atoms with E-state index in [0.29, 0.717) is 17.4 Å². The molecule has 2 aromatic heterocycles. The first kappa shape index (κ1) is 15.1. The van der Waals surface area contributed by atoms with Crippen molar-refractivity contribution in [2.24, 2.45) is 0 Å². The molecule has 2 heterocycles. The molecule has 0 fully saturated rings. The van der Waals surface area contributed by atoms with E-state index in [1.807, 2.05) is 61.5 Å². The first-order chi connectivity index (χ1) is 12.3. The summed E-state index contributed by atoms with van der Waals surface area (Å²) in [5, 5.41) is 12.4. The quantitative estimate of drug-likeness (QED) is 0.570. The van der Waals surface area contributed by atoms with Crippen LogP contribution >= 0.6 is 0 Å². The summed E-state index contributed by atoms with van der Waals surface area (Å²) in [4.78, 5) is 4.44. The Morgan fingerprint density at radius 2 is 1.88 bits per heavy atom. The van der Waals surface area contributed by atoms with E-state index in [1.165, 1.54) is 0 Å². The number of benzene rings is 2. The zero-order chi connectivity index (χ0) is 17.2. The van der Waals surface area contributed by atoms with Gasteiger partial charge >= 0.3 is 0 Å². The lowest BCUT2D eigenvalue weighted by atomic mass is 10.2. The van der Waals surface area contributed by atoms with Gasteiger partial charge in [-0.1, -0.05) is 34.6 Å². The summed E-state index contributed by atoms with van der Waals surface area (Å²) in [6.07, 6.45) is 0. The predicted octanol–water partition coefficient (Wildman–Crippen LogP) is 3.30. The summed E-state index contributed by atoms with van der Waals surface area (Å²) < 4.78 is 12.4. The second-order valence-corrected chi connectivity index (χ2v) is 5.43. The van der Waals surface area contributed by atoms with Gasteiger partial charge in [0, 0.05) is 5.56 Å². The van der Waals surface area contributed by atoms with Gasteiger partial charge in [-0.25, -0.2) is 4.68 Å². The van der Waals surface area contributed by atoms with Crippen LogP contribution in [0.5, 0.6) is 5.75 Å². The number of rotatable bonds is 4. The van der Waals surface area contributed by atoms with Gasteiger partial charge in [-0.2, -0.15) is 4.98 Å². The van der Waals surface area contributed by atoms with Crippen LogP contribution in [0.25, 0.3) is 28.7 Å². The molecule has 0 unspecified atom stereocenters. The van der Waals surface area contributed by atoms with E-state index in [0.717, 1.165) is 22.7 Å². The zero-order valence-corrected chi connectivity index (χ0v) is 13.7. The summed E-state index contributed by atoms with van der Waals surface area (Å²) >= 11 is 0. The van der Waals surface area contributed by atoms with Crippen LogP contribution in [-0.2, 0) is 0 Å². The maximum absolute atomic E-state index is 5.38. The largest absolute Gasteiger partial charge is 0.497 e. The number of aromatic nitrogens is 5. The highest BCUT2D eigenvalue weighted by Gasteiger charge is 2.18. The van der Waals surface area contributed by atoms with E-state index in [4.69, 9.17) is 9.26 Å². The fraction of sp³-hybridized carbons (Fsp3) is 0.111. The third-order valence-electron chi connectivity index (χ3n) is 3.85. The highest BCUT2D eigenvalue weighted by atomic mass is 16.5. The monoisotopic (exact) mass is 333 g/mol. The molecule has 124 valence electrons. The van der Waals surface area contributed by atoms with Crippen LogP contribution in [0.15, 0.2) is 59.1 Å². The van der Waals surface area contributed by atoms with Crippen LogP contribution in [0.3, 0.4) is 0 Å². The summed E-state index contributed by atoms with van der Waals surface area (Å²) in [6, 6.07) is 17.2. The fourth-order valence-corrected chi connectivity index (χ4v) is 2.54. The molecule has 0 saturated heterocycles. The predicted molar refractivity (Wildman–Crippen MR) is 91.4 cm³/mol. The fourth-order valence-electron chi connectivity index (χ4n) is 2.54. The molecular weight excluding hydrogens is 318 g/mol. The Morgan fingerprint density at radius 1 is 1.04 bits per heavy atom. The molecule has 0 spiro atoms. The molecule has 0 amide bonds. The third kappa shape index (κ3) is 2.76. The molecule has 25 heavy (non-hydrogen) atoms. The third-order valence-corrected chi connectivity index (χ3v) is 3.85. The Bertz CT molecular complexity index is 1010. The van der Waals surface area contributed by atoms with Gasteiger partial charge in [-0.05, 0) is 37.3 Å². The van der Waals surface area contributed by atoms with Crippen molar-refractivity contribution in [1.29, 1.82) is 0 Å². The van der Waals surface area contributed by atoms with Crippen molar-refractivity contribution in [3.05, 3.63) is 60.3 Å². The number of methoxy groups -OCH3 is 1. The SMILES string of the molecule is COc1cccc(-c2nc(-c3nnn(-c4ccccc4)c3C)no2)c1. The lowest BCUT2D eigenvalue weighted by Gasteiger charge is -2.01. The highest BCUT2D eigenvalue weighted by molar-refractivity contribution is 5.60. The standard InChI is InChI=1S/C18H15N5O2/c1-12-16(20-22-23(12)14-8-4-3-5-9-14)17-19-18(25-21-17)13-7-6-10-15(11-13)24-2/h3-11H,1-2H3. The Morgan fingerprint density at radius 3 is 2.68 bits per heavy atom. The number of hydrogen-bond acceptors (Lipinski definition) is 6. The maximum atomic E-state index is 5.38. The van der Waals surface area contributed by atoms with Crippen LogP contribution < -0.4 is 4.74 Å². The molecule has 4 rings (SSSR count). The summed E-state index contributed by atoms with van der Waals surface area (Å²) in [6.45, 7) is 1.92. The second kappa shape index (κ2) is 6.20. The molecule has 0 N–H and O–H groups in total. The smallest absolute Gasteiger partial charge is 0.258 e. The zero-order valence-electron chi connectivity index (χ0n) is 13.7. The van der Waals surface area contributed by atoms with E-state index in [1.54, 1.807) is 11.8 Å². The van der Waals surface area contributed by atoms with Gasteiger partial charge in [0.05, 0.1) is 18.5 Å². The van der Waals surface area contributed by atoms with E-state index in [-0.39, 0.29) is 0 Å². The van der Waals surface area contributed by atoms with Gasteiger partial charge in [0.2, 0.25) is 5.82 Å². The Balaban J connectivity index is 1.70. The van der Waals surface area contributed by atoms with E-state index < -0.39 is 0 Å². The Labute approximate surface area is 143 Å². The van der Waals surface area contributed by atoms with Crippen LogP contribution in [0.1, 0.15) is 5.69 Å². The van der Waals surface area contributed by atoms with E-state index in [9.17, 15) is 0 Å². The van der Waals surface area contributed by atoms with Crippen molar-refractivity contribution in [2.75, 3.05) is 7.11 Å². The molecule has 0 bridgehead atoms. The van der Waals surface area contributed by atoms with Gasteiger partial charge in [-0.15, -0.1) is 5.10 Å². The summed E-state index contributed by atoms with van der Waals surface area (Å²) in [7, 11) is 1.61. The molecule has 0 aliphatic rings. The van der Waals surface area contributed by atoms with Crippen LogP contribution in [0, 0.1) is 6.92 Å². The van der Waals surface area contributed by atoms with Crippen molar-refractivity contribution in [2.45, 2.75) is 6.92 Å². The first-order valence-corrected chi connectivity index (χ1v) is 7.72. The lowest BCUT2D eigenvalue weighted by Crippen LogP contribution is -1.98. The van der Waals surface area contributed by atoms with E-state index in [2.05, 4.69) is 20.5 Å². The number of para-hydroxylation sites is 1. The molecule has 2 aromatic carbocycles. The molecule has 0 saturated carbocycles. The van der Waals surface area contributed by atoms with Gasteiger partial charge < -0.3 is 9.26 Å². The molecule has 0 radical (unpaired) electrons. The minimum absolute atomic E-state index is 0.400. The minimum Gasteiger partial charge on any atom is -0.497 e. The molecule has 0 aliphatic carbocycles. The van der Waals surface area contributed by atoms with Gasteiger partial charge in [0.25, 0.3) is 5.89 Å². The van der Waals surface area contributed by atoms with Crippen molar-refractivity contribution < 1.29 is 9.26 Å². The van der Waals surface area contributed by atoms with Crippen LogP contribution in [0.2, 0.25) is 0 Å². The Kier molecular flexibility index (Phi) is 3.74. The number of hydrogen-bond donors (Lipinski definition) is 0. The first-order valence-electron chi connectivity index (χ1n) is 7.72. The molecule has 0 aliphatic heterocycles. The minimum atomic E-state index is 0.400. The average molecular weight is 333 g/mol. The molecule has 0 atom stereocenters. The average Bonchev–Trinajstić information content (AvgIpc) is 3.29. The van der Waals surface area contributed by atoms with Crippen LogP contribution in [0.4, 0.5) is 0 Å². The van der Waals surface area contributed by atoms with Gasteiger partial charge in [0.15, 0.2) is 5.69 Å². The van der Waals surface area contributed by atoms with E-state index >= 15 is 0 Å². The maximum Gasteiger partial charge on any atom is 0.258 e. The Hall–Kier alpha value is -3.48. The molecule has 7 heteroatoms. The summed E-state index contributed by atoms with van der Waals surface area (Å²) in [5.41, 5.74) is 3.13. The highest BCUT2D eigenvalue weighted by Crippen LogP contribution is 2.26. The van der Waals surface area contributed by atoms with Gasteiger partial charge in [-0.3, -0.25) is 0 Å². The van der Waals surface area contributed by atoms with Crippen molar-refractivity contribution in [3.8, 4) is 34.4 Å². The topological polar surface area (TPSA) is 78.9 Å². The number of ether oxygens (including phenoxy) is 1. The summed E-state index contributed by atoms with van der Waals surface area (Å²) in [5.74, 6) is 1.53. The second-order valence-electron chi connectivity index (χ2n) is 5.43. The number of nitrogens with zero attached hydrogens (tertiary/aromatic N) is 5. The molecule has 4 aromatic rings. The molecular formula is C18H15N5O2.